The SMILES string of the molecule is CC(Cc1ccccc1)NCC(=O)N(C)C1CC1. The molecule has 0 saturated heterocycles. The molecule has 1 aliphatic rings. The van der Waals surface area contributed by atoms with Gasteiger partial charge in [0.15, 0.2) is 0 Å². The van der Waals surface area contributed by atoms with Gasteiger partial charge in [0, 0.05) is 19.1 Å². The summed E-state index contributed by atoms with van der Waals surface area (Å²) >= 11 is 0. The smallest absolute Gasteiger partial charge is 0.236 e. The van der Waals surface area contributed by atoms with Crippen LogP contribution in [0.3, 0.4) is 0 Å². The number of amides is 1. The third kappa shape index (κ3) is 3.84. The molecule has 0 radical (unpaired) electrons. The van der Waals surface area contributed by atoms with Gasteiger partial charge in [-0.05, 0) is 31.7 Å². The van der Waals surface area contributed by atoms with Crippen LogP contribution in [0.5, 0.6) is 0 Å². The molecule has 3 nitrogen and oxygen atoms in total. The van der Waals surface area contributed by atoms with Crippen LogP contribution >= 0.6 is 0 Å². The maximum absolute atomic E-state index is 11.8. The Morgan fingerprint density at radius 1 is 1.39 bits per heavy atom. The Balaban J connectivity index is 1.71. The molecule has 2 rings (SSSR count). The molecule has 98 valence electrons. The van der Waals surface area contributed by atoms with Crippen molar-refractivity contribution >= 4 is 5.91 Å². The number of carbonyl (C=O) groups is 1. The molecule has 1 N–H and O–H groups in total. The van der Waals surface area contributed by atoms with Gasteiger partial charge in [-0.1, -0.05) is 30.3 Å². The summed E-state index contributed by atoms with van der Waals surface area (Å²) in [6, 6.07) is 11.2. The molecule has 1 aromatic rings. The number of hydrogen-bond acceptors (Lipinski definition) is 2. The van der Waals surface area contributed by atoms with Crippen molar-refractivity contribution < 1.29 is 4.79 Å². The lowest BCUT2D eigenvalue weighted by molar-refractivity contribution is -0.129. The third-order valence-corrected chi connectivity index (χ3v) is 3.47. The van der Waals surface area contributed by atoms with Gasteiger partial charge in [-0.3, -0.25) is 4.79 Å². The molecule has 1 fully saturated rings. The molecule has 0 bridgehead atoms. The number of likely N-dealkylation sites (N-methyl/N-ethyl adjacent to an activating group) is 1. The van der Waals surface area contributed by atoms with E-state index in [2.05, 4.69) is 24.4 Å². The van der Waals surface area contributed by atoms with Gasteiger partial charge in [0.2, 0.25) is 5.91 Å². The van der Waals surface area contributed by atoms with Crippen LogP contribution < -0.4 is 5.32 Å². The largest absolute Gasteiger partial charge is 0.342 e. The van der Waals surface area contributed by atoms with Gasteiger partial charge in [-0.25, -0.2) is 0 Å². The lowest BCUT2D eigenvalue weighted by Gasteiger charge is -2.19. The molecule has 0 heterocycles. The minimum absolute atomic E-state index is 0.206. The second kappa shape index (κ2) is 6.01. The normalized spacial score (nSPS) is 16.3. The molecule has 1 atom stereocenters. The van der Waals surface area contributed by atoms with Crippen LogP contribution in [0.15, 0.2) is 30.3 Å². The second-order valence-corrected chi connectivity index (χ2v) is 5.21. The first kappa shape index (κ1) is 13.1. The van der Waals surface area contributed by atoms with Gasteiger partial charge in [-0.2, -0.15) is 0 Å². The van der Waals surface area contributed by atoms with Crippen LogP contribution in [0.4, 0.5) is 0 Å². The highest BCUT2D eigenvalue weighted by molar-refractivity contribution is 5.78. The summed E-state index contributed by atoms with van der Waals surface area (Å²) in [5.74, 6) is 0.206. The van der Waals surface area contributed by atoms with Crippen molar-refractivity contribution in [3.05, 3.63) is 35.9 Å². The first-order valence-electron chi connectivity index (χ1n) is 6.70. The molecule has 0 aromatic heterocycles. The zero-order valence-electron chi connectivity index (χ0n) is 11.2. The molecule has 0 aliphatic heterocycles. The fourth-order valence-corrected chi connectivity index (χ4v) is 2.09. The highest BCUT2D eigenvalue weighted by Gasteiger charge is 2.29. The van der Waals surface area contributed by atoms with Crippen molar-refractivity contribution in [1.82, 2.24) is 10.2 Å². The highest BCUT2D eigenvalue weighted by Crippen LogP contribution is 2.25. The molecule has 3 heteroatoms. The Bertz CT molecular complexity index is 387. The zero-order valence-corrected chi connectivity index (χ0v) is 11.2. The summed E-state index contributed by atoms with van der Waals surface area (Å²) in [5, 5.41) is 3.30. The number of carbonyl (C=O) groups excluding carboxylic acids is 1. The van der Waals surface area contributed by atoms with E-state index in [-0.39, 0.29) is 5.91 Å². The summed E-state index contributed by atoms with van der Waals surface area (Å²) < 4.78 is 0. The van der Waals surface area contributed by atoms with Gasteiger partial charge in [-0.15, -0.1) is 0 Å². The van der Waals surface area contributed by atoms with Crippen LogP contribution in [0.1, 0.15) is 25.3 Å². The molecular weight excluding hydrogens is 224 g/mol. The number of nitrogens with one attached hydrogen (secondary N) is 1. The zero-order chi connectivity index (χ0) is 13.0. The van der Waals surface area contributed by atoms with Crippen LogP contribution in [-0.2, 0) is 11.2 Å². The Hall–Kier alpha value is -1.35. The Labute approximate surface area is 109 Å². The van der Waals surface area contributed by atoms with E-state index in [9.17, 15) is 4.79 Å². The maximum atomic E-state index is 11.8. The number of nitrogens with zero attached hydrogens (tertiary/aromatic N) is 1. The Morgan fingerprint density at radius 2 is 2.06 bits per heavy atom. The summed E-state index contributed by atoms with van der Waals surface area (Å²) in [7, 11) is 1.91. The Kier molecular flexibility index (Phi) is 4.37. The van der Waals surface area contributed by atoms with E-state index in [1.807, 2.05) is 30.1 Å². The highest BCUT2D eigenvalue weighted by atomic mass is 16.2. The van der Waals surface area contributed by atoms with Crippen molar-refractivity contribution in [2.45, 2.75) is 38.3 Å². The van der Waals surface area contributed by atoms with Crippen molar-refractivity contribution in [3.63, 3.8) is 0 Å². The van der Waals surface area contributed by atoms with Gasteiger partial charge >= 0.3 is 0 Å². The third-order valence-electron chi connectivity index (χ3n) is 3.47. The predicted molar refractivity (Wildman–Crippen MR) is 73.4 cm³/mol. The van der Waals surface area contributed by atoms with E-state index in [0.29, 0.717) is 18.6 Å². The standard InChI is InChI=1S/C15H22N2O/c1-12(10-13-6-4-3-5-7-13)16-11-15(18)17(2)14-8-9-14/h3-7,12,14,16H,8-11H2,1-2H3. The molecule has 1 unspecified atom stereocenters. The van der Waals surface area contributed by atoms with Gasteiger partial charge in [0.05, 0.1) is 6.54 Å². The van der Waals surface area contributed by atoms with Gasteiger partial charge < -0.3 is 10.2 Å². The summed E-state index contributed by atoms with van der Waals surface area (Å²) in [4.78, 5) is 13.7. The molecule has 18 heavy (non-hydrogen) atoms. The van der Waals surface area contributed by atoms with Crippen molar-refractivity contribution in [3.8, 4) is 0 Å². The minimum Gasteiger partial charge on any atom is -0.342 e. The molecule has 0 spiro atoms. The van der Waals surface area contributed by atoms with Crippen molar-refractivity contribution in [2.75, 3.05) is 13.6 Å². The van der Waals surface area contributed by atoms with Crippen molar-refractivity contribution in [1.29, 1.82) is 0 Å². The first-order valence-corrected chi connectivity index (χ1v) is 6.70. The summed E-state index contributed by atoms with van der Waals surface area (Å²) in [6.07, 6.45) is 3.30. The van der Waals surface area contributed by atoms with Crippen LogP contribution in [0.25, 0.3) is 0 Å². The topological polar surface area (TPSA) is 32.3 Å². The summed E-state index contributed by atoms with van der Waals surface area (Å²) in [5.41, 5.74) is 1.31. The van der Waals surface area contributed by atoms with E-state index < -0.39 is 0 Å². The van der Waals surface area contributed by atoms with E-state index in [0.717, 1.165) is 6.42 Å². The van der Waals surface area contributed by atoms with E-state index in [1.165, 1.54) is 18.4 Å². The molecule has 1 saturated carbocycles. The fourth-order valence-electron chi connectivity index (χ4n) is 2.09. The number of hydrogen-bond donors (Lipinski definition) is 1. The van der Waals surface area contributed by atoms with Crippen LogP contribution in [0, 0.1) is 0 Å². The average molecular weight is 246 g/mol. The van der Waals surface area contributed by atoms with E-state index >= 15 is 0 Å². The average Bonchev–Trinajstić information content (AvgIpc) is 3.20. The van der Waals surface area contributed by atoms with E-state index in [1.54, 1.807) is 0 Å². The maximum Gasteiger partial charge on any atom is 0.236 e. The second-order valence-electron chi connectivity index (χ2n) is 5.21. The monoisotopic (exact) mass is 246 g/mol. The van der Waals surface area contributed by atoms with Gasteiger partial charge in [0.1, 0.15) is 0 Å². The number of rotatable bonds is 6. The Morgan fingerprint density at radius 3 is 2.67 bits per heavy atom. The quantitative estimate of drug-likeness (QED) is 0.830. The fraction of sp³-hybridized carbons (Fsp3) is 0.533. The van der Waals surface area contributed by atoms with Crippen LogP contribution in [0.2, 0.25) is 0 Å². The lowest BCUT2D eigenvalue weighted by Crippen LogP contribution is -2.40. The first-order chi connectivity index (χ1) is 8.66. The van der Waals surface area contributed by atoms with E-state index in [4.69, 9.17) is 0 Å². The lowest BCUT2D eigenvalue weighted by atomic mass is 10.1. The molecule has 1 aromatic carbocycles. The predicted octanol–water partition coefficient (Wildman–Crippen LogP) is 1.83. The van der Waals surface area contributed by atoms with Gasteiger partial charge in [0.25, 0.3) is 0 Å². The van der Waals surface area contributed by atoms with Crippen molar-refractivity contribution in [2.24, 2.45) is 0 Å². The minimum atomic E-state index is 0.206. The van der Waals surface area contributed by atoms with Crippen LogP contribution in [-0.4, -0.2) is 36.5 Å². The molecule has 1 amide bonds. The molecular formula is C15H22N2O. The molecule has 1 aliphatic carbocycles. The summed E-state index contributed by atoms with van der Waals surface area (Å²) in [6.45, 7) is 2.57. The number of benzene rings is 1.